The van der Waals surface area contributed by atoms with E-state index in [9.17, 15) is 0 Å². The largest absolute Gasteiger partial charge is 0.0616 e. The van der Waals surface area contributed by atoms with Gasteiger partial charge in [-0.2, -0.15) is 0 Å². The van der Waals surface area contributed by atoms with Crippen LogP contribution in [0.2, 0.25) is 0 Å². The summed E-state index contributed by atoms with van der Waals surface area (Å²) in [4.78, 5) is 0. The third-order valence-corrected chi connectivity index (χ3v) is 17.4. The molecule has 0 atom stereocenters. The molecule has 358 valence electrons. The molecule has 0 aromatic heterocycles. The molecule has 0 heteroatoms. The molecule has 0 bridgehead atoms. The second kappa shape index (κ2) is 16.7. The standard InChI is InChI=1S/C78H46/c1-3-25-53-49(21-1)51-23-5-7-27-55(51)71-45-47(41-43-57(53)71)73-59-29-9-13-33-63(59)75(64-34-14-10-30-60(64)73)77-67-37-17-19-39-69(67)78(70-40-20-18-38-68(70)77)76-65-35-15-11-31-61(65)74(62-32-12-16-36-66(62)76)48-42-44-58-54-26-4-2-22-50(54)52-24-6-8-28-56(52)72(58)46-48/h1-46H. The average molecular weight is 983 g/mol. The van der Waals surface area contributed by atoms with Crippen molar-refractivity contribution in [2.24, 2.45) is 0 Å². The molecule has 78 heavy (non-hydrogen) atoms. The Balaban J connectivity index is 0.943. The second-order valence-electron chi connectivity index (χ2n) is 21.2. The molecule has 17 aromatic carbocycles. The molecule has 17 rings (SSSR count). The van der Waals surface area contributed by atoms with E-state index in [0.29, 0.717) is 0 Å². The van der Waals surface area contributed by atoms with E-state index in [4.69, 9.17) is 0 Å². The van der Waals surface area contributed by atoms with Gasteiger partial charge in [0.05, 0.1) is 0 Å². The molecule has 0 N–H and O–H groups in total. The van der Waals surface area contributed by atoms with E-state index < -0.39 is 0 Å². The van der Waals surface area contributed by atoms with Gasteiger partial charge in [0.1, 0.15) is 0 Å². The molecule has 0 amide bonds. The summed E-state index contributed by atoms with van der Waals surface area (Å²) in [5.41, 5.74) is 10.0. The highest BCUT2D eigenvalue weighted by molar-refractivity contribution is 6.35. The normalized spacial score (nSPS) is 12.1. The van der Waals surface area contributed by atoms with Crippen LogP contribution in [0.4, 0.5) is 0 Å². The van der Waals surface area contributed by atoms with Gasteiger partial charge in [-0.25, -0.2) is 0 Å². The van der Waals surface area contributed by atoms with Gasteiger partial charge in [-0.1, -0.05) is 267 Å². The fourth-order valence-corrected chi connectivity index (χ4v) is 14.2. The summed E-state index contributed by atoms with van der Waals surface area (Å²) in [6, 6.07) is 105. The molecule has 0 aliphatic rings. The summed E-state index contributed by atoms with van der Waals surface area (Å²) in [5, 5.41) is 30.3. The molecule has 0 saturated carbocycles. The molecule has 0 fully saturated rings. The molecule has 0 nitrogen and oxygen atoms in total. The Kier molecular flexibility index (Phi) is 9.22. The topological polar surface area (TPSA) is 0 Å². The lowest BCUT2D eigenvalue weighted by Gasteiger charge is -2.24. The second-order valence-corrected chi connectivity index (χ2v) is 21.2. The van der Waals surface area contributed by atoms with Crippen LogP contribution in [0.5, 0.6) is 0 Å². The minimum Gasteiger partial charge on any atom is -0.0616 e. The van der Waals surface area contributed by atoms with Crippen molar-refractivity contribution in [1.82, 2.24) is 0 Å². The number of hydrogen-bond donors (Lipinski definition) is 0. The predicted octanol–water partition coefficient (Wildman–Crippen LogP) is 22.2. The van der Waals surface area contributed by atoms with Gasteiger partial charge >= 0.3 is 0 Å². The van der Waals surface area contributed by atoms with Crippen molar-refractivity contribution in [1.29, 1.82) is 0 Å². The molecular formula is C78H46. The first-order valence-electron chi connectivity index (χ1n) is 27.2. The Morgan fingerprint density at radius 2 is 0.244 bits per heavy atom. The molecule has 0 saturated heterocycles. The highest BCUT2D eigenvalue weighted by Gasteiger charge is 2.26. The Bertz CT molecular complexity index is 4860. The smallest absolute Gasteiger partial charge is 0.00139 e. The summed E-state index contributed by atoms with van der Waals surface area (Å²) in [7, 11) is 0. The van der Waals surface area contributed by atoms with Gasteiger partial charge in [0, 0.05) is 0 Å². The van der Waals surface area contributed by atoms with E-state index in [2.05, 4.69) is 279 Å². The maximum Gasteiger partial charge on any atom is -0.00139 e. The van der Waals surface area contributed by atoms with Crippen LogP contribution >= 0.6 is 0 Å². The van der Waals surface area contributed by atoms with E-state index >= 15 is 0 Å². The van der Waals surface area contributed by atoms with Gasteiger partial charge in [0.15, 0.2) is 0 Å². The van der Waals surface area contributed by atoms with Gasteiger partial charge in [-0.15, -0.1) is 0 Å². The van der Waals surface area contributed by atoms with Crippen molar-refractivity contribution in [2.45, 2.75) is 0 Å². The van der Waals surface area contributed by atoms with Crippen molar-refractivity contribution in [3.8, 4) is 44.5 Å². The first-order chi connectivity index (χ1) is 38.8. The Morgan fingerprint density at radius 1 is 0.103 bits per heavy atom. The lowest BCUT2D eigenvalue weighted by Crippen LogP contribution is -1.96. The summed E-state index contributed by atoms with van der Waals surface area (Å²) >= 11 is 0. The Hall–Kier alpha value is -10.1. The summed E-state index contributed by atoms with van der Waals surface area (Å²) < 4.78 is 0. The Morgan fingerprint density at radius 3 is 0.436 bits per heavy atom. The van der Waals surface area contributed by atoms with Gasteiger partial charge in [0.2, 0.25) is 0 Å². The van der Waals surface area contributed by atoms with Crippen molar-refractivity contribution in [3.63, 3.8) is 0 Å². The molecular weight excluding hydrogens is 937 g/mol. The zero-order valence-corrected chi connectivity index (χ0v) is 42.6. The summed E-state index contributed by atoms with van der Waals surface area (Å²) in [5.74, 6) is 0. The highest BCUT2D eigenvalue weighted by atomic mass is 14.3. The monoisotopic (exact) mass is 982 g/mol. The van der Waals surface area contributed by atoms with Gasteiger partial charge < -0.3 is 0 Å². The maximum absolute atomic E-state index is 2.46. The van der Waals surface area contributed by atoms with Crippen molar-refractivity contribution in [2.75, 3.05) is 0 Å². The molecule has 0 aliphatic heterocycles. The Labute approximate surface area is 450 Å². The fourth-order valence-electron chi connectivity index (χ4n) is 14.2. The minimum atomic E-state index is 1.22. The SMILES string of the molecule is c1ccc2c(-c3c4ccccc4c(-c4c5ccccc5c(-c5ccc6c7ccccc7c7ccccc7c6c5)c5ccccc45)c4ccccc34)c3ccccc3c(-c3ccc4c5ccccc5c5ccccc5c4c3)c2c1. The first-order valence-corrected chi connectivity index (χ1v) is 27.2. The lowest BCUT2D eigenvalue weighted by atomic mass is 9.79. The van der Waals surface area contributed by atoms with Crippen LogP contribution in [0.3, 0.4) is 0 Å². The van der Waals surface area contributed by atoms with Gasteiger partial charge in [-0.05, 0) is 186 Å². The molecule has 0 radical (unpaired) electrons. The van der Waals surface area contributed by atoms with E-state index in [0.717, 1.165) is 0 Å². The van der Waals surface area contributed by atoms with Crippen LogP contribution in [0.15, 0.2) is 279 Å². The van der Waals surface area contributed by atoms with E-state index in [1.165, 1.54) is 174 Å². The third kappa shape index (κ3) is 6.06. The van der Waals surface area contributed by atoms with E-state index in [1.54, 1.807) is 0 Å². The van der Waals surface area contributed by atoms with E-state index in [1.807, 2.05) is 0 Å². The predicted molar refractivity (Wildman–Crippen MR) is 338 cm³/mol. The zero-order chi connectivity index (χ0) is 51.0. The maximum atomic E-state index is 2.46. The van der Waals surface area contributed by atoms with Crippen LogP contribution in [-0.2, 0) is 0 Å². The zero-order valence-electron chi connectivity index (χ0n) is 42.6. The van der Waals surface area contributed by atoms with Crippen molar-refractivity contribution >= 4 is 129 Å². The van der Waals surface area contributed by atoms with Crippen LogP contribution in [-0.4, -0.2) is 0 Å². The number of fused-ring (bicyclic) bond motifs is 18. The molecule has 17 aromatic rings. The summed E-state index contributed by atoms with van der Waals surface area (Å²) in [6.07, 6.45) is 0. The van der Waals surface area contributed by atoms with Crippen LogP contribution in [0, 0.1) is 0 Å². The van der Waals surface area contributed by atoms with Crippen molar-refractivity contribution in [3.05, 3.63) is 279 Å². The van der Waals surface area contributed by atoms with E-state index in [-0.39, 0.29) is 0 Å². The van der Waals surface area contributed by atoms with Crippen molar-refractivity contribution < 1.29 is 0 Å². The fraction of sp³-hybridized carbons (Fsp3) is 0. The minimum absolute atomic E-state index is 1.22. The molecule has 0 unspecified atom stereocenters. The molecule has 0 aliphatic carbocycles. The number of hydrogen-bond acceptors (Lipinski definition) is 0. The van der Waals surface area contributed by atoms with Gasteiger partial charge in [0.25, 0.3) is 0 Å². The number of rotatable bonds is 4. The molecule has 0 spiro atoms. The average Bonchev–Trinajstić information content (AvgIpc) is 3.67. The van der Waals surface area contributed by atoms with Crippen LogP contribution < -0.4 is 0 Å². The number of benzene rings is 17. The third-order valence-electron chi connectivity index (χ3n) is 17.4. The quantitative estimate of drug-likeness (QED) is 0.122. The first kappa shape index (κ1) is 43.1. The van der Waals surface area contributed by atoms with Gasteiger partial charge in [-0.3, -0.25) is 0 Å². The van der Waals surface area contributed by atoms with Crippen LogP contribution in [0.25, 0.3) is 174 Å². The van der Waals surface area contributed by atoms with Crippen LogP contribution in [0.1, 0.15) is 0 Å². The summed E-state index contributed by atoms with van der Waals surface area (Å²) in [6.45, 7) is 0. The lowest BCUT2D eigenvalue weighted by molar-refractivity contribution is 1.69. The molecule has 0 heterocycles. The highest BCUT2D eigenvalue weighted by Crippen LogP contribution is 2.54.